The maximum absolute atomic E-state index is 12.7. The molecule has 4 aliphatic rings. The van der Waals surface area contributed by atoms with Crippen molar-refractivity contribution in [1.82, 2.24) is 0 Å². The number of hydrogen-bond acceptors (Lipinski definition) is 3. The van der Waals surface area contributed by atoms with Gasteiger partial charge in [0.1, 0.15) is 5.78 Å². The summed E-state index contributed by atoms with van der Waals surface area (Å²) in [5.41, 5.74) is 2.19. The fourth-order valence-corrected chi connectivity index (χ4v) is 8.95. The average molecular weight is 415 g/mol. The van der Waals surface area contributed by atoms with Gasteiger partial charge in [-0.15, -0.1) is 0 Å². The minimum absolute atomic E-state index is 0.0743. The third-order valence-electron chi connectivity index (χ3n) is 11.0. The van der Waals surface area contributed by atoms with Crippen molar-refractivity contribution in [2.24, 2.45) is 45.3 Å². The van der Waals surface area contributed by atoms with Gasteiger partial charge in [0, 0.05) is 18.3 Å². The monoisotopic (exact) mass is 414 g/mol. The molecule has 0 N–H and O–H groups in total. The highest BCUT2D eigenvalue weighted by Crippen LogP contribution is 2.73. The third-order valence-corrected chi connectivity index (χ3v) is 11.0. The van der Waals surface area contributed by atoms with Crippen molar-refractivity contribution in [2.75, 3.05) is 7.11 Å². The lowest BCUT2D eigenvalue weighted by Crippen LogP contribution is -2.57. The van der Waals surface area contributed by atoms with Crippen molar-refractivity contribution in [1.29, 1.82) is 0 Å². The number of ketones is 1. The van der Waals surface area contributed by atoms with E-state index in [1.54, 1.807) is 5.57 Å². The van der Waals surface area contributed by atoms with Gasteiger partial charge in [-0.1, -0.05) is 53.2 Å². The molecule has 0 unspecified atom stereocenters. The maximum atomic E-state index is 12.7. The first-order valence-corrected chi connectivity index (χ1v) is 12.2. The predicted molar refractivity (Wildman–Crippen MR) is 120 cm³/mol. The molecule has 0 spiro atoms. The molecule has 3 saturated carbocycles. The molecular formula is C27H42O3. The SMILES string of the molecule is COC(=O)C[C@H](C)[C@@H]1CC[C@]2(C)C3=CC[C@H]4C(C)(C)C(=O)CC[C@]4(C)[C@H]3CC[C@@]12C. The summed E-state index contributed by atoms with van der Waals surface area (Å²) >= 11 is 0. The van der Waals surface area contributed by atoms with Crippen LogP contribution in [0.1, 0.15) is 92.9 Å². The van der Waals surface area contributed by atoms with Gasteiger partial charge < -0.3 is 4.74 Å². The van der Waals surface area contributed by atoms with Crippen molar-refractivity contribution >= 4 is 11.8 Å². The van der Waals surface area contributed by atoms with E-state index in [2.05, 4.69) is 47.6 Å². The van der Waals surface area contributed by atoms with Crippen LogP contribution in [0.3, 0.4) is 0 Å². The molecule has 0 saturated heterocycles. The molecule has 0 bridgehead atoms. The highest BCUT2D eigenvalue weighted by Gasteiger charge is 2.65. The fraction of sp³-hybridized carbons (Fsp3) is 0.852. The summed E-state index contributed by atoms with van der Waals surface area (Å²) in [7, 11) is 1.50. The normalized spacial score (nSPS) is 45.6. The highest BCUT2D eigenvalue weighted by molar-refractivity contribution is 5.85. The van der Waals surface area contributed by atoms with Crippen molar-refractivity contribution in [3.63, 3.8) is 0 Å². The maximum Gasteiger partial charge on any atom is 0.305 e. The molecule has 3 fully saturated rings. The number of Topliss-reactive ketones (excluding diaryl/α,β-unsaturated/α-hetero) is 1. The van der Waals surface area contributed by atoms with Crippen molar-refractivity contribution in [3.8, 4) is 0 Å². The number of esters is 1. The second-order valence-corrected chi connectivity index (χ2v) is 12.3. The van der Waals surface area contributed by atoms with Gasteiger partial charge in [0.25, 0.3) is 0 Å². The van der Waals surface area contributed by atoms with Crippen LogP contribution in [0.2, 0.25) is 0 Å². The zero-order chi connectivity index (χ0) is 22.1. The number of fused-ring (bicyclic) bond motifs is 5. The molecule has 0 amide bonds. The summed E-state index contributed by atoms with van der Waals surface area (Å²) in [6.45, 7) is 14.2. The molecule has 3 nitrogen and oxygen atoms in total. The van der Waals surface area contributed by atoms with Gasteiger partial charge in [-0.3, -0.25) is 9.59 Å². The number of carbonyl (C=O) groups is 2. The Bertz CT molecular complexity index is 779. The van der Waals surface area contributed by atoms with Crippen molar-refractivity contribution < 1.29 is 14.3 Å². The Morgan fingerprint density at radius 1 is 1.13 bits per heavy atom. The van der Waals surface area contributed by atoms with Crippen LogP contribution in [0.5, 0.6) is 0 Å². The molecular weight excluding hydrogens is 372 g/mol. The lowest BCUT2D eigenvalue weighted by Gasteiger charge is -2.63. The first-order valence-electron chi connectivity index (χ1n) is 12.2. The lowest BCUT2D eigenvalue weighted by atomic mass is 9.41. The first-order chi connectivity index (χ1) is 13.9. The van der Waals surface area contributed by atoms with E-state index in [9.17, 15) is 9.59 Å². The number of rotatable bonds is 3. The standard InChI is InChI=1S/C27H42O3/c1-17(16-23(29)30-7)18-10-14-27(6)20-8-9-21-24(2,3)22(28)12-13-25(21,4)19(20)11-15-26(18,27)5/h8,17-19,21H,9-16H2,1-7H3/t17-,18-,19-,21-,25+,26-,27+/m0/s1. The number of hydrogen-bond donors (Lipinski definition) is 0. The van der Waals surface area contributed by atoms with Gasteiger partial charge in [0.2, 0.25) is 0 Å². The van der Waals surface area contributed by atoms with E-state index < -0.39 is 0 Å². The molecule has 0 aromatic heterocycles. The number of methoxy groups -OCH3 is 1. The topological polar surface area (TPSA) is 43.4 Å². The van der Waals surface area contributed by atoms with Gasteiger partial charge in [0.05, 0.1) is 7.11 Å². The molecule has 0 aromatic carbocycles. The van der Waals surface area contributed by atoms with Crippen LogP contribution in [-0.2, 0) is 14.3 Å². The molecule has 7 atom stereocenters. The second-order valence-electron chi connectivity index (χ2n) is 12.3. The molecule has 3 heteroatoms. The van der Waals surface area contributed by atoms with Crippen molar-refractivity contribution in [3.05, 3.63) is 11.6 Å². The molecule has 30 heavy (non-hydrogen) atoms. The largest absolute Gasteiger partial charge is 0.469 e. The average Bonchev–Trinajstić information content (AvgIpc) is 2.97. The summed E-state index contributed by atoms with van der Waals surface area (Å²) in [6, 6.07) is 0. The van der Waals surface area contributed by atoms with E-state index in [1.807, 2.05) is 0 Å². The van der Waals surface area contributed by atoms with Crippen LogP contribution in [0, 0.1) is 45.3 Å². The Hall–Kier alpha value is -1.12. The minimum Gasteiger partial charge on any atom is -0.469 e. The first kappa shape index (κ1) is 22.1. The summed E-state index contributed by atoms with van der Waals surface area (Å²) in [5.74, 6) is 2.39. The van der Waals surface area contributed by atoms with E-state index in [0.29, 0.717) is 35.9 Å². The second kappa shape index (κ2) is 6.94. The Kier molecular flexibility index (Phi) is 5.11. The van der Waals surface area contributed by atoms with Gasteiger partial charge in [-0.2, -0.15) is 0 Å². The number of carbonyl (C=O) groups excluding carboxylic acids is 2. The van der Waals surface area contributed by atoms with E-state index in [4.69, 9.17) is 4.74 Å². The fourth-order valence-electron chi connectivity index (χ4n) is 8.95. The van der Waals surface area contributed by atoms with E-state index in [-0.39, 0.29) is 27.6 Å². The highest BCUT2D eigenvalue weighted by atomic mass is 16.5. The predicted octanol–water partition coefficient (Wildman–Crippen LogP) is 6.36. The van der Waals surface area contributed by atoms with Gasteiger partial charge in [-0.05, 0) is 78.4 Å². The number of ether oxygens (including phenoxy) is 1. The van der Waals surface area contributed by atoms with Crippen LogP contribution in [0.25, 0.3) is 0 Å². The van der Waals surface area contributed by atoms with Crippen LogP contribution in [0.15, 0.2) is 11.6 Å². The smallest absolute Gasteiger partial charge is 0.305 e. The van der Waals surface area contributed by atoms with Crippen LogP contribution in [0.4, 0.5) is 0 Å². The zero-order valence-electron chi connectivity index (χ0n) is 20.3. The van der Waals surface area contributed by atoms with Gasteiger partial charge >= 0.3 is 5.97 Å². The van der Waals surface area contributed by atoms with Gasteiger partial charge in [-0.25, -0.2) is 0 Å². The molecule has 0 aliphatic heterocycles. The molecule has 0 aromatic rings. The quantitative estimate of drug-likeness (QED) is 0.399. The zero-order valence-corrected chi connectivity index (χ0v) is 20.3. The summed E-state index contributed by atoms with van der Waals surface area (Å²) in [5, 5.41) is 0. The lowest BCUT2D eigenvalue weighted by molar-refractivity contribution is -0.147. The van der Waals surface area contributed by atoms with E-state index in [1.165, 1.54) is 32.8 Å². The molecule has 0 heterocycles. The molecule has 0 radical (unpaired) electrons. The third kappa shape index (κ3) is 2.75. The number of allylic oxidation sites excluding steroid dienone is 2. The summed E-state index contributed by atoms with van der Waals surface area (Å²) in [6.07, 6.45) is 10.9. The molecule has 168 valence electrons. The van der Waals surface area contributed by atoms with Gasteiger partial charge in [0.15, 0.2) is 0 Å². The van der Waals surface area contributed by atoms with Crippen LogP contribution >= 0.6 is 0 Å². The summed E-state index contributed by atoms with van der Waals surface area (Å²) < 4.78 is 4.98. The minimum atomic E-state index is -0.204. The van der Waals surface area contributed by atoms with Crippen LogP contribution in [-0.4, -0.2) is 18.9 Å². The van der Waals surface area contributed by atoms with E-state index in [0.717, 1.165) is 19.3 Å². The molecule has 4 aliphatic carbocycles. The Morgan fingerprint density at radius 3 is 2.50 bits per heavy atom. The Morgan fingerprint density at radius 2 is 1.83 bits per heavy atom. The van der Waals surface area contributed by atoms with Crippen molar-refractivity contribution in [2.45, 2.75) is 92.9 Å². The Balaban J connectivity index is 1.68. The molecule has 4 rings (SSSR count). The Labute approximate surface area is 183 Å². The van der Waals surface area contributed by atoms with Crippen LogP contribution < -0.4 is 0 Å². The summed E-state index contributed by atoms with van der Waals surface area (Å²) in [4.78, 5) is 24.7. The van der Waals surface area contributed by atoms with E-state index >= 15 is 0 Å².